The Bertz CT molecular complexity index is 1370. The normalized spacial score (nSPS) is 14.6. The molecule has 3 aromatic rings. The number of thioether (sulfide) groups is 1. The molecule has 0 saturated carbocycles. The Hall–Kier alpha value is -3.07. The molecule has 0 radical (unpaired) electrons. The van der Waals surface area contributed by atoms with Gasteiger partial charge in [-0.1, -0.05) is 36.4 Å². The number of rotatable bonds is 14. The van der Waals surface area contributed by atoms with Crippen LogP contribution in [0, 0.1) is 30.4 Å². The van der Waals surface area contributed by atoms with Crippen molar-refractivity contribution in [2.24, 2.45) is 11.8 Å². The minimum Gasteiger partial charge on any atom is -0.469 e. The van der Waals surface area contributed by atoms with Crippen LogP contribution in [0.3, 0.4) is 0 Å². The smallest absolute Gasteiger partial charge is 0.309 e. The van der Waals surface area contributed by atoms with E-state index < -0.39 is 17.6 Å². The summed E-state index contributed by atoms with van der Waals surface area (Å²) in [6, 6.07) is 17.5. The highest BCUT2D eigenvalue weighted by atomic mass is 32.2. The van der Waals surface area contributed by atoms with E-state index in [-0.39, 0.29) is 18.2 Å². The number of benzene rings is 3. The molecule has 1 aliphatic heterocycles. The summed E-state index contributed by atoms with van der Waals surface area (Å²) in [5.41, 5.74) is 4.95. The summed E-state index contributed by atoms with van der Waals surface area (Å²) in [4.78, 5) is 28.4. The number of hydrogen-bond acceptors (Lipinski definition) is 6. The molecule has 0 aliphatic carbocycles. The molecule has 0 N–H and O–H groups in total. The zero-order valence-corrected chi connectivity index (χ0v) is 26.1. The largest absolute Gasteiger partial charge is 0.469 e. The maximum absolute atomic E-state index is 14.1. The number of nitrogens with zero attached hydrogens (tertiary/aromatic N) is 1. The molecule has 5 nitrogen and oxygen atoms in total. The Morgan fingerprint density at radius 2 is 1.67 bits per heavy atom. The molecule has 3 aromatic carbocycles. The van der Waals surface area contributed by atoms with Gasteiger partial charge in [-0.2, -0.15) is 11.8 Å². The summed E-state index contributed by atoms with van der Waals surface area (Å²) < 4.78 is 38.7. The average molecular weight is 610 g/mol. The SMILES string of the molecule is COC(=O)C(CCSC)CC(=O)c1ccc(CN(Cc2cc(F)cc(F)c2)CC2CCOCC2)cc1-c1ccccc1C. The van der Waals surface area contributed by atoms with Crippen LogP contribution in [0.2, 0.25) is 0 Å². The van der Waals surface area contributed by atoms with Gasteiger partial charge in [0.05, 0.1) is 13.0 Å². The first kappa shape index (κ1) is 32.8. The highest BCUT2D eigenvalue weighted by molar-refractivity contribution is 7.98. The molecular formula is C35H41F2NO4S. The molecule has 1 saturated heterocycles. The topological polar surface area (TPSA) is 55.8 Å². The van der Waals surface area contributed by atoms with Crippen molar-refractivity contribution >= 4 is 23.5 Å². The number of Topliss-reactive ketones (excluding diaryl/α,β-unsaturated/α-hetero) is 1. The predicted molar refractivity (Wildman–Crippen MR) is 168 cm³/mol. The van der Waals surface area contributed by atoms with Gasteiger partial charge in [0.1, 0.15) is 11.6 Å². The fourth-order valence-corrected chi connectivity index (χ4v) is 6.31. The second kappa shape index (κ2) is 16.1. The lowest BCUT2D eigenvalue weighted by atomic mass is 9.88. The third-order valence-electron chi connectivity index (χ3n) is 8.05. The molecular weight excluding hydrogens is 568 g/mol. The summed E-state index contributed by atoms with van der Waals surface area (Å²) >= 11 is 1.63. The van der Waals surface area contributed by atoms with E-state index in [2.05, 4.69) is 4.90 Å². The van der Waals surface area contributed by atoms with Crippen molar-refractivity contribution in [1.82, 2.24) is 4.90 Å². The van der Waals surface area contributed by atoms with Gasteiger partial charge >= 0.3 is 5.97 Å². The number of esters is 1. The Morgan fingerprint density at radius 3 is 2.35 bits per heavy atom. The van der Waals surface area contributed by atoms with Gasteiger partial charge in [0.25, 0.3) is 0 Å². The molecule has 1 fully saturated rings. The molecule has 0 spiro atoms. The lowest BCUT2D eigenvalue weighted by Crippen LogP contribution is -2.32. The quantitative estimate of drug-likeness (QED) is 0.140. The number of carbonyl (C=O) groups excluding carboxylic acids is 2. The summed E-state index contributed by atoms with van der Waals surface area (Å²) in [5.74, 6) is -0.975. The van der Waals surface area contributed by atoms with Crippen molar-refractivity contribution in [2.45, 2.75) is 45.7 Å². The van der Waals surface area contributed by atoms with Crippen LogP contribution in [0.5, 0.6) is 0 Å². The number of carbonyl (C=O) groups is 2. The number of hydrogen-bond donors (Lipinski definition) is 0. The first-order valence-electron chi connectivity index (χ1n) is 14.8. The van der Waals surface area contributed by atoms with E-state index in [1.165, 1.54) is 19.2 Å². The number of aryl methyl sites for hydroxylation is 1. The van der Waals surface area contributed by atoms with Crippen molar-refractivity contribution in [3.8, 4) is 11.1 Å². The van der Waals surface area contributed by atoms with Gasteiger partial charge in [-0.25, -0.2) is 8.78 Å². The van der Waals surface area contributed by atoms with Crippen LogP contribution in [0.4, 0.5) is 8.78 Å². The van der Waals surface area contributed by atoms with E-state index in [4.69, 9.17) is 9.47 Å². The third kappa shape index (κ3) is 9.46. The summed E-state index contributed by atoms with van der Waals surface area (Å²) in [5, 5.41) is 0. The highest BCUT2D eigenvalue weighted by Crippen LogP contribution is 2.31. The first-order valence-corrected chi connectivity index (χ1v) is 16.2. The van der Waals surface area contributed by atoms with E-state index in [0.717, 1.165) is 53.5 Å². The average Bonchev–Trinajstić information content (AvgIpc) is 2.99. The third-order valence-corrected chi connectivity index (χ3v) is 8.69. The van der Waals surface area contributed by atoms with Crippen LogP contribution < -0.4 is 0 Å². The molecule has 1 heterocycles. The van der Waals surface area contributed by atoms with Crippen molar-refractivity contribution in [1.29, 1.82) is 0 Å². The number of ether oxygens (including phenoxy) is 2. The van der Waals surface area contributed by atoms with Gasteiger partial charge < -0.3 is 9.47 Å². The Balaban J connectivity index is 1.66. The minimum absolute atomic E-state index is 0.0759. The molecule has 1 unspecified atom stereocenters. The van der Waals surface area contributed by atoms with Gasteiger partial charge in [0, 0.05) is 50.9 Å². The molecule has 0 aromatic heterocycles. The van der Waals surface area contributed by atoms with Crippen LogP contribution in [0.1, 0.15) is 52.7 Å². The van der Waals surface area contributed by atoms with Crippen molar-refractivity contribution < 1.29 is 27.8 Å². The summed E-state index contributed by atoms with van der Waals surface area (Å²) in [6.45, 7) is 5.14. The molecule has 0 amide bonds. The van der Waals surface area contributed by atoms with E-state index in [1.54, 1.807) is 11.8 Å². The molecule has 1 atom stereocenters. The van der Waals surface area contributed by atoms with Crippen molar-refractivity contribution in [3.63, 3.8) is 0 Å². The van der Waals surface area contributed by atoms with Crippen molar-refractivity contribution in [3.05, 3.63) is 94.6 Å². The molecule has 230 valence electrons. The van der Waals surface area contributed by atoms with Gasteiger partial charge in [0.15, 0.2) is 5.78 Å². The lowest BCUT2D eigenvalue weighted by molar-refractivity contribution is -0.145. The predicted octanol–water partition coefficient (Wildman–Crippen LogP) is 7.48. The maximum atomic E-state index is 14.1. The van der Waals surface area contributed by atoms with Crippen molar-refractivity contribution in [2.75, 3.05) is 38.9 Å². The fraction of sp³-hybridized carbons (Fsp3) is 0.429. The second-order valence-corrected chi connectivity index (χ2v) is 12.3. The zero-order chi connectivity index (χ0) is 30.8. The van der Waals surface area contributed by atoms with Crippen LogP contribution in [0.25, 0.3) is 11.1 Å². The van der Waals surface area contributed by atoms with Gasteiger partial charge in [-0.3, -0.25) is 14.5 Å². The number of halogens is 2. The maximum Gasteiger partial charge on any atom is 0.309 e. The molecule has 4 rings (SSSR count). The summed E-state index contributed by atoms with van der Waals surface area (Å²) in [7, 11) is 1.36. The van der Waals surface area contributed by atoms with E-state index in [0.29, 0.717) is 49.8 Å². The molecule has 1 aliphatic rings. The van der Waals surface area contributed by atoms with Crippen LogP contribution >= 0.6 is 11.8 Å². The van der Waals surface area contributed by atoms with Gasteiger partial charge in [-0.15, -0.1) is 0 Å². The Kier molecular flexibility index (Phi) is 12.3. The Labute approximate surface area is 258 Å². The van der Waals surface area contributed by atoms with E-state index in [1.807, 2.05) is 55.6 Å². The molecule has 0 bridgehead atoms. The van der Waals surface area contributed by atoms with Crippen LogP contribution in [-0.2, 0) is 27.4 Å². The number of ketones is 1. The minimum atomic E-state index is -0.589. The van der Waals surface area contributed by atoms with Gasteiger partial charge in [-0.05, 0) is 90.1 Å². The summed E-state index contributed by atoms with van der Waals surface area (Å²) in [6.07, 6.45) is 4.49. The lowest BCUT2D eigenvalue weighted by Gasteiger charge is -2.30. The van der Waals surface area contributed by atoms with E-state index in [9.17, 15) is 18.4 Å². The standard InChI is InChI=1S/C35H41F2NO4S/c1-24-6-4-5-7-31(24)33-18-26(8-9-32(33)34(39)19-28(12-15-43-3)35(40)41-2)22-38(21-25-10-13-42-14-11-25)23-27-16-29(36)20-30(37)17-27/h4-9,16-18,20,25,28H,10-15,19,21-23H2,1-3H3. The second-order valence-electron chi connectivity index (χ2n) is 11.3. The monoisotopic (exact) mass is 609 g/mol. The first-order chi connectivity index (χ1) is 20.8. The highest BCUT2D eigenvalue weighted by Gasteiger charge is 2.25. The van der Waals surface area contributed by atoms with Crippen LogP contribution in [0.15, 0.2) is 60.7 Å². The Morgan fingerprint density at radius 1 is 0.977 bits per heavy atom. The van der Waals surface area contributed by atoms with Crippen LogP contribution in [-0.4, -0.2) is 55.5 Å². The zero-order valence-electron chi connectivity index (χ0n) is 25.2. The molecule has 43 heavy (non-hydrogen) atoms. The fourth-order valence-electron chi connectivity index (χ4n) is 5.79. The van der Waals surface area contributed by atoms with Gasteiger partial charge in [0.2, 0.25) is 0 Å². The number of methoxy groups -OCH3 is 1. The van der Waals surface area contributed by atoms with E-state index >= 15 is 0 Å². The molecule has 8 heteroatoms.